The molecule has 1 saturated heterocycles. The van der Waals surface area contributed by atoms with Gasteiger partial charge in [-0.2, -0.15) is 5.10 Å². The zero-order valence-electron chi connectivity index (χ0n) is 12.9. The Labute approximate surface area is 133 Å². The first kappa shape index (κ1) is 15.2. The van der Waals surface area contributed by atoms with E-state index < -0.39 is 0 Å². The Morgan fingerprint density at radius 2 is 2.36 bits per heavy atom. The number of aromatic nitrogens is 3. The number of amides is 1. The summed E-state index contributed by atoms with van der Waals surface area (Å²) in [6.45, 7) is 1.15. The Bertz CT molecular complexity index is 652. The first-order valence-electron chi connectivity index (χ1n) is 7.41. The molecule has 1 unspecified atom stereocenters. The number of hydrogen-bond acceptors (Lipinski definition) is 5. The maximum Gasteiger partial charge on any atom is 0.266 e. The van der Waals surface area contributed by atoms with Gasteiger partial charge in [0.05, 0.1) is 30.1 Å². The lowest BCUT2D eigenvalue weighted by molar-refractivity contribution is 0.0612. The van der Waals surface area contributed by atoms with Crippen molar-refractivity contribution in [3.8, 4) is 0 Å². The quantitative estimate of drug-likeness (QED) is 0.868. The minimum absolute atomic E-state index is 0.0584. The van der Waals surface area contributed by atoms with Crippen LogP contribution in [-0.4, -0.2) is 39.2 Å². The lowest BCUT2D eigenvalue weighted by atomic mass is 9.97. The minimum atomic E-state index is 0.0584. The summed E-state index contributed by atoms with van der Waals surface area (Å²) in [6, 6.07) is 0.104. The van der Waals surface area contributed by atoms with E-state index >= 15 is 0 Å². The topological polar surface area (TPSA) is 60.2 Å². The molecule has 6 nitrogen and oxygen atoms in total. The van der Waals surface area contributed by atoms with Crippen LogP contribution in [0.3, 0.4) is 0 Å². The molecule has 2 aromatic heterocycles. The minimum Gasteiger partial charge on any atom is -0.378 e. The van der Waals surface area contributed by atoms with Crippen molar-refractivity contribution in [1.29, 1.82) is 0 Å². The van der Waals surface area contributed by atoms with Gasteiger partial charge in [0.1, 0.15) is 4.88 Å². The number of piperidine rings is 1. The van der Waals surface area contributed by atoms with E-state index in [9.17, 15) is 4.79 Å². The van der Waals surface area contributed by atoms with Gasteiger partial charge >= 0.3 is 0 Å². The Morgan fingerprint density at radius 1 is 1.50 bits per heavy atom. The second-order valence-corrected chi connectivity index (χ2v) is 6.37. The van der Waals surface area contributed by atoms with Crippen molar-refractivity contribution in [2.24, 2.45) is 7.05 Å². The van der Waals surface area contributed by atoms with Crippen LogP contribution in [0.25, 0.3) is 0 Å². The normalized spacial score (nSPS) is 18.6. The van der Waals surface area contributed by atoms with E-state index in [1.165, 1.54) is 11.3 Å². The number of carbonyl (C=O) groups is 1. The standard InChI is InChI=1S/C15H20N4O2S/c1-18-8-11(7-17-18)13-5-3-4-6-19(13)15(20)14-12(9-21-2)16-10-22-14/h7-8,10,13H,3-6,9H2,1-2H3. The molecule has 1 amide bonds. The number of aryl methyl sites for hydroxylation is 1. The van der Waals surface area contributed by atoms with Crippen LogP contribution in [-0.2, 0) is 18.4 Å². The molecule has 0 radical (unpaired) electrons. The maximum atomic E-state index is 13.0. The Balaban J connectivity index is 1.86. The second-order valence-electron chi connectivity index (χ2n) is 5.52. The van der Waals surface area contributed by atoms with Crippen molar-refractivity contribution in [2.45, 2.75) is 31.9 Å². The third-order valence-corrected chi connectivity index (χ3v) is 4.85. The summed E-state index contributed by atoms with van der Waals surface area (Å²) in [4.78, 5) is 19.9. The molecule has 1 atom stereocenters. The van der Waals surface area contributed by atoms with Crippen molar-refractivity contribution >= 4 is 17.2 Å². The molecule has 3 heterocycles. The third-order valence-electron chi connectivity index (χ3n) is 3.99. The van der Waals surface area contributed by atoms with Gasteiger partial charge < -0.3 is 9.64 Å². The molecule has 1 aliphatic heterocycles. The van der Waals surface area contributed by atoms with Crippen LogP contribution in [0.2, 0.25) is 0 Å². The molecule has 0 bridgehead atoms. The predicted molar refractivity (Wildman–Crippen MR) is 83.7 cm³/mol. The summed E-state index contributed by atoms with van der Waals surface area (Å²) in [5.74, 6) is 0.0584. The van der Waals surface area contributed by atoms with E-state index in [1.54, 1.807) is 17.3 Å². The van der Waals surface area contributed by atoms with Gasteiger partial charge in [0.2, 0.25) is 0 Å². The van der Waals surface area contributed by atoms with Gasteiger partial charge in [-0.05, 0) is 19.3 Å². The van der Waals surface area contributed by atoms with Crippen LogP contribution in [0.4, 0.5) is 0 Å². The van der Waals surface area contributed by atoms with Gasteiger partial charge in [-0.3, -0.25) is 9.48 Å². The van der Waals surface area contributed by atoms with Crippen LogP contribution in [0, 0.1) is 0 Å². The summed E-state index contributed by atoms with van der Waals surface area (Å²) in [6.07, 6.45) is 7.02. The summed E-state index contributed by atoms with van der Waals surface area (Å²) >= 11 is 1.39. The number of carbonyl (C=O) groups excluding carboxylic acids is 1. The highest BCUT2D eigenvalue weighted by Crippen LogP contribution is 2.33. The lowest BCUT2D eigenvalue weighted by Crippen LogP contribution is -2.38. The Morgan fingerprint density at radius 3 is 3.09 bits per heavy atom. The highest BCUT2D eigenvalue weighted by Gasteiger charge is 2.31. The van der Waals surface area contributed by atoms with Crippen LogP contribution in [0.15, 0.2) is 17.9 Å². The number of likely N-dealkylation sites (tertiary alicyclic amines) is 1. The maximum absolute atomic E-state index is 13.0. The third kappa shape index (κ3) is 2.91. The van der Waals surface area contributed by atoms with Crippen molar-refractivity contribution in [2.75, 3.05) is 13.7 Å². The van der Waals surface area contributed by atoms with E-state index in [0.29, 0.717) is 11.5 Å². The largest absolute Gasteiger partial charge is 0.378 e. The number of thiazole rings is 1. The number of nitrogens with zero attached hydrogens (tertiary/aromatic N) is 4. The smallest absolute Gasteiger partial charge is 0.266 e. The summed E-state index contributed by atoms with van der Waals surface area (Å²) in [5.41, 5.74) is 3.55. The Kier molecular flexibility index (Phi) is 4.54. The molecule has 1 fully saturated rings. The summed E-state index contributed by atoms with van der Waals surface area (Å²) in [5, 5.41) is 4.24. The fourth-order valence-corrected chi connectivity index (χ4v) is 3.70. The monoisotopic (exact) mass is 320 g/mol. The van der Waals surface area contributed by atoms with E-state index in [1.807, 2.05) is 24.3 Å². The van der Waals surface area contributed by atoms with E-state index in [4.69, 9.17) is 4.74 Å². The average Bonchev–Trinajstić information content (AvgIpc) is 3.16. The summed E-state index contributed by atoms with van der Waals surface area (Å²) in [7, 11) is 3.52. The molecule has 0 aliphatic carbocycles. The molecule has 3 rings (SSSR count). The molecular formula is C15H20N4O2S. The zero-order valence-corrected chi connectivity index (χ0v) is 13.7. The van der Waals surface area contributed by atoms with Crippen LogP contribution < -0.4 is 0 Å². The van der Waals surface area contributed by atoms with Crippen molar-refractivity contribution in [3.05, 3.63) is 34.0 Å². The van der Waals surface area contributed by atoms with E-state index in [0.717, 1.165) is 37.1 Å². The van der Waals surface area contributed by atoms with Crippen LogP contribution in [0.5, 0.6) is 0 Å². The number of methoxy groups -OCH3 is 1. The van der Waals surface area contributed by atoms with Gasteiger partial charge in [-0.15, -0.1) is 11.3 Å². The summed E-state index contributed by atoms with van der Waals surface area (Å²) < 4.78 is 6.93. The fourth-order valence-electron chi connectivity index (χ4n) is 2.95. The molecule has 22 heavy (non-hydrogen) atoms. The van der Waals surface area contributed by atoms with E-state index in [2.05, 4.69) is 10.1 Å². The molecule has 7 heteroatoms. The molecule has 1 aliphatic rings. The number of ether oxygens (including phenoxy) is 1. The molecule has 0 aromatic carbocycles. The lowest BCUT2D eigenvalue weighted by Gasteiger charge is -2.35. The van der Waals surface area contributed by atoms with Gasteiger partial charge in [0, 0.05) is 32.5 Å². The Hall–Kier alpha value is -1.73. The van der Waals surface area contributed by atoms with Crippen LogP contribution in [0.1, 0.15) is 46.2 Å². The van der Waals surface area contributed by atoms with Gasteiger partial charge in [-0.1, -0.05) is 0 Å². The number of rotatable bonds is 4. The first-order valence-corrected chi connectivity index (χ1v) is 8.29. The van der Waals surface area contributed by atoms with Gasteiger partial charge in [0.15, 0.2) is 0 Å². The molecule has 2 aromatic rings. The zero-order chi connectivity index (χ0) is 15.5. The number of hydrogen-bond donors (Lipinski definition) is 0. The molecular weight excluding hydrogens is 300 g/mol. The van der Waals surface area contributed by atoms with Crippen molar-refractivity contribution in [3.63, 3.8) is 0 Å². The predicted octanol–water partition coefficient (Wildman–Crippen LogP) is 2.39. The second kappa shape index (κ2) is 6.58. The average molecular weight is 320 g/mol. The van der Waals surface area contributed by atoms with Crippen molar-refractivity contribution < 1.29 is 9.53 Å². The SMILES string of the molecule is COCc1ncsc1C(=O)N1CCCCC1c1cnn(C)c1. The van der Waals surface area contributed by atoms with Crippen molar-refractivity contribution in [1.82, 2.24) is 19.7 Å². The molecule has 0 N–H and O–H groups in total. The molecule has 118 valence electrons. The van der Waals surface area contributed by atoms with Crippen LogP contribution >= 0.6 is 11.3 Å². The van der Waals surface area contributed by atoms with Gasteiger partial charge in [-0.25, -0.2) is 4.98 Å². The highest BCUT2D eigenvalue weighted by atomic mass is 32.1. The molecule has 0 saturated carbocycles. The fraction of sp³-hybridized carbons (Fsp3) is 0.533. The molecule has 0 spiro atoms. The highest BCUT2D eigenvalue weighted by molar-refractivity contribution is 7.11. The first-order chi connectivity index (χ1) is 10.7. The van der Waals surface area contributed by atoms with E-state index in [-0.39, 0.29) is 11.9 Å². The van der Waals surface area contributed by atoms with Gasteiger partial charge in [0.25, 0.3) is 5.91 Å².